The van der Waals surface area contributed by atoms with Crippen LogP contribution in [0.25, 0.3) is 27.6 Å². The largest absolute Gasteiger partial charge is 0.294 e. The Morgan fingerprint density at radius 3 is 1.60 bits per heavy atom. The Hall–Kier alpha value is -5.74. The number of hydrogen-bond acceptors (Lipinski definition) is 4. The van der Waals surface area contributed by atoms with E-state index in [0.717, 1.165) is 67.2 Å². The molecule has 0 amide bonds. The van der Waals surface area contributed by atoms with Crippen LogP contribution in [-0.4, -0.2) is 9.97 Å². The Morgan fingerprint density at radius 1 is 0.533 bits per heavy atom. The highest BCUT2D eigenvalue weighted by molar-refractivity contribution is 6.18. The fourth-order valence-corrected chi connectivity index (χ4v) is 6.16. The molecule has 218 valence electrons. The van der Waals surface area contributed by atoms with E-state index in [2.05, 4.69) is 146 Å². The van der Waals surface area contributed by atoms with Gasteiger partial charge in [0.25, 0.3) is 0 Å². The van der Waals surface area contributed by atoms with Gasteiger partial charge < -0.3 is 0 Å². The summed E-state index contributed by atoms with van der Waals surface area (Å²) in [7, 11) is 0. The Balaban J connectivity index is 1.53. The van der Waals surface area contributed by atoms with Gasteiger partial charge in [-0.2, -0.15) is 0 Å². The molecule has 5 aromatic carbocycles. The summed E-state index contributed by atoms with van der Waals surface area (Å²) in [5.41, 5.74) is 8.69. The summed E-state index contributed by atoms with van der Waals surface area (Å²) < 4.78 is 0. The average Bonchev–Trinajstić information content (AvgIpc) is 3.08. The first-order valence-corrected chi connectivity index (χ1v) is 15.2. The summed E-state index contributed by atoms with van der Waals surface area (Å²) in [4.78, 5) is 14.2. The lowest BCUT2D eigenvalue weighted by Gasteiger charge is -2.28. The summed E-state index contributed by atoms with van der Waals surface area (Å²) >= 11 is 0. The second-order valence-electron chi connectivity index (χ2n) is 11.4. The van der Waals surface area contributed by atoms with Crippen LogP contribution in [0.4, 0.5) is 34.4 Å². The molecule has 0 fully saturated rings. The number of para-hydroxylation sites is 2. The van der Waals surface area contributed by atoms with Crippen LogP contribution >= 0.6 is 0 Å². The Bertz CT molecular complexity index is 2140. The maximum Gasteiger partial charge on any atom is 0.137 e. The molecule has 0 aliphatic carbocycles. The van der Waals surface area contributed by atoms with Crippen molar-refractivity contribution in [2.75, 3.05) is 9.80 Å². The fraction of sp³-hybridized carbons (Fsp3) is 0.0732. The zero-order valence-electron chi connectivity index (χ0n) is 25.8. The van der Waals surface area contributed by atoms with Crippen LogP contribution in [0.3, 0.4) is 0 Å². The van der Waals surface area contributed by atoms with Crippen LogP contribution in [0, 0.1) is 20.8 Å². The summed E-state index contributed by atoms with van der Waals surface area (Å²) in [6.45, 7) is 10.7. The van der Waals surface area contributed by atoms with Gasteiger partial charge in [0.15, 0.2) is 0 Å². The number of hydrogen-bond donors (Lipinski definition) is 0. The van der Waals surface area contributed by atoms with Gasteiger partial charge in [0.05, 0.1) is 11.4 Å². The quantitative estimate of drug-likeness (QED) is 0.175. The molecule has 45 heavy (non-hydrogen) atoms. The third kappa shape index (κ3) is 5.11. The van der Waals surface area contributed by atoms with Gasteiger partial charge in [-0.3, -0.25) is 9.80 Å². The van der Waals surface area contributed by atoms with Gasteiger partial charge in [0.1, 0.15) is 11.6 Å². The molecule has 7 aromatic rings. The maximum absolute atomic E-state index is 4.86. The van der Waals surface area contributed by atoms with Crippen molar-refractivity contribution in [1.29, 1.82) is 0 Å². The van der Waals surface area contributed by atoms with Crippen LogP contribution in [0.2, 0.25) is 0 Å². The summed E-state index contributed by atoms with van der Waals surface area (Å²) in [6, 6.07) is 42.6. The summed E-state index contributed by atoms with van der Waals surface area (Å²) in [6.07, 6.45) is 5.84. The van der Waals surface area contributed by atoms with Crippen LogP contribution in [0.5, 0.6) is 0 Å². The minimum Gasteiger partial charge on any atom is -0.294 e. The van der Waals surface area contributed by atoms with Crippen molar-refractivity contribution in [2.45, 2.75) is 20.8 Å². The standard InChI is InChI=1S/C41H34N4/c1-5-34-36(44(32-12-8-6-9-13-32)38-24-16-28(2)26-42-38)23-20-31-19-21-35-37(22-18-30(4)40(35)41(31)34)45(33-14-10-7-11-15-33)39-25-17-29(3)27-43-39/h5-27H,1H2,2-4H3. The smallest absolute Gasteiger partial charge is 0.137 e. The molecule has 0 aliphatic rings. The van der Waals surface area contributed by atoms with E-state index in [9.17, 15) is 0 Å². The van der Waals surface area contributed by atoms with Gasteiger partial charge >= 0.3 is 0 Å². The molecule has 0 unspecified atom stereocenters. The number of rotatable bonds is 7. The zero-order chi connectivity index (χ0) is 30.9. The number of aryl methyl sites for hydroxylation is 3. The van der Waals surface area contributed by atoms with E-state index in [4.69, 9.17) is 9.97 Å². The molecule has 0 aliphatic heterocycles. The molecular weight excluding hydrogens is 548 g/mol. The van der Waals surface area contributed by atoms with Crippen molar-refractivity contribution in [3.63, 3.8) is 0 Å². The molecule has 7 rings (SSSR count). The first-order valence-electron chi connectivity index (χ1n) is 15.2. The molecular formula is C41H34N4. The van der Waals surface area contributed by atoms with Gasteiger partial charge in [-0.15, -0.1) is 0 Å². The van der Waals surface area contributed by atoms with E-state index < -0.39 is 0 Å². The first kappa shape index (κ1) is 28.1. The van der Waals surface area contributed by atoms with Crippen molar-refractivity contribution < 1.29 is 0 Å². The number of nitrogens with zero attached hydrogens (tertiary/aromatic N) is 4. The van der Waals surface area contributed by atoms with Gasteiger partial charge in [-0.25, -0.2) is 9.97 Å². The summed E-state index contributed by atoms with van der Waals surface area (Å²) in [5.74, 6) is 1.73. The lowest BCUT2D eigenvalue weighted by atomic mass is 9.92. The predicted molar refractivity (Wildman–Crippen MR) is 191 cm³/mol. The second kappa shape index (κ2) is 11.7. The van der Waals surface area contributed by atoms with Crippen LogP contribution in [0.1, 0.15) is 22.3 Å². The van der Waals surface area contributed by atoms with Crippen molar-refractivity contribution >= 4 is 62.0 Å². The van der Waals surface area contributed by atoms with E-state index in [1.807, 2.05) is 30.6 Å². The van der Waals surface area contributed by atoms with Crippen molar-refractivity contribution in [3.8, 4) is 0 Å². The minimum absolute atomic E-state index is 0.854. The summed E-state index contributed by atoms with van der Waals surface area (Å²) in [5, 5.41) is 4.66. The number of benzene rings is 5. The number of fused-ring (bicyclic) bond motifs is 3. The molecule has 0 saturated carbocycles. The Labute approximate surface area is 264 Å². The first-order chi connectivity index (χ1) is 22.0. The SMILES string of the molecule is C=Cc1c(N(c2ccccc2)c2ccc(C)cn2)ccc2ccc3c(N(c4ccccc4)c4ccc(C)cn4)ccc(C)c3c12. The maximum atomic E-state index is 4.86. The molecule has 2 heterocycles. The molecule has 0 spiro atoms. The van der Waals surface area contributed by atoms with Gasteiger partial charge in [0, 0.05) is 34.7 Å². The number of anilines is 6. The normalized spacial score (nSPS) is 11.1. The zero-order valence-corrected chi connectivity index (χ0v) is 25.8. The number of aromatic nitrogens is 2. The molecule has 2 aromatic heterocycles. The van der Waals surface area contributed by atoms with Crippen LogP contribution in [-0.2, 0) is 0 Å². The topological polar surface area (TPSA) is 32.3 Å². The van der Waals surface area contributed by atoms with E-state index in [1.54, 1.807) is 0 Å². The molecule has 4 heteroatoms. The van der Waals surface area contributed by atoms with Crippen LogP contribution < -0.4 is 9.80 Å². The van der Waals surface area contributed by atoms with Crippen molar-refractivity contribution in [1.82, 2.24) is 9.97 Å². The highest BCUT2D eigenvalue weighted by Crippen LogP contribution is 2.45. The average molecular weight is 583 g/mol. The molecule has 0 atom stereocenters. The molecule has 0 bridgehead atoms. The number of pyridine rings is 2. The minimum atomic E-state index is 0.854. The lowest BCUT2D eigenvalue weighted by molar-refractivity contribution is 1.16. The van der Waals surface area contributed by atoms with Gasteiger partial charge in [-0.1, -0.05) is 85.5 Å². The third-order valence-electron chi connectivity index (χ3n) is 8.33. The van der Waals surface area contributed by atoms with E-state index in [0.29, 0.717) is 0 Å². The van der Waals surface area contributed by atoms with Crippen LogP contribution in [0.15, 0.2) is 140 Å². The highest BCUT2D eigenvalue weighted by atomic mass is 15.2. The van der Waals surface area contributed by atoms with E-state index >= 15 is 0 Å². The van der Waals surface area contributed by atoms with E-state index in [1.165, 1.54) is 10.9 Å². The third-order valence-corrected chi connectivity index (χ3v) is 8.33. The Kier molecular flexibility index (Phi) is 7.32. The fourth-order valence-electron chi connectivity index (χ4n) is 6.16. The molecule has 0 N–H and O–H groups in total. The lowest BCUT2D eigenvalue weighted by Crippen LogP contribution is -2.13. The van der Waals surface area contributed by atoms with Gasteiger partial charge in [0.2, 0.25) is 0 Å². The molecule has 0 saturated heterocycles. The second-order valence-corrected chi connectivity index (χ2v) is 11.4. The molecule has 0 radical (unpaired) electrons. The van der Waals surface area contributed by atoms with E-state index in [-0.39, 0.29) is 0 Å². The van der Waals surface area contributed by atoms with Crippen molar-refractivity contribution in [2.24, 2.45) is 0 Å². The Morgan fingerprint density at radius 2 is 1.07 bits per heavy atom. The molecule has 4 nitrogen and oxygen atoms in total. The monoisotopic (exact) mass is 582 g/mol. The van der Waals surface area contributed by atoms with Crippen molar-refractivity contribution in [3.05, 3.63) is 163 Å². The van der Waals surface area contributed by atoms with Gasteiger partial charge in [-0.05, 0) is 102 Å². The predicted octanol–water partition coefficient (Wildman–Crippen LogP) is 11.3. The highest BCUT2D eigenvalue weighted by Gasteiger charge is 2.22.